The van der Waals surface area contributed by atoms with Crippen LogP contribution in [0.4, 0.5) is 0 Å². The first-order valence-electron chi connectivity index (χ1n) is 9.27. The Hall–Kier alpha value is -2.26. The van der Waals surface area contributed by atoms with Crippen LogP contribution in [0.15, 0.2) is 16.4 Å². The SMILES string of the molecule is CC(C)c1nn(CC(=O)N[C@@H]2CCC[C@H](O)C2)c(=O)c2cc3scnc3n12. The Balaban J connectivity index is 1.66. The van der Waals surface area contributed by atoms with E-state index in [0.717, 1.165) is 29.6 Å². The summed E-state index contributed by atoms with van der Waals surface area (Å²) in [6.45, 7) is 3.87. The molecule has 8 nitrogen and oxygen atoms in total. The minimum absolute atomic E-state index is 0.0481. The van der Waals surface area contributed by atoms with Crippen molar-refractivity contribution in [2.45, 2.75) is 64.1 Å². The Morgan fingerprint density at radius 2 is 2.26 bits per heavy atom. The summed E-state index contributed by atoms with van der Waals surface area (Å²) in [4.78, 5) is 29.7. The van der Waals surface area contributed by atoms with Crippen molar-refractivity contribution in [1.29, 1.82) is 0 Å². The number of nitrogens with zero attached hydrogens (tertiary/aromatic N) is 4. The number of aromatic nitrogens is 4. The lowest BCUT2D eigenvalue weighted by molar-refractivity contribution is -0.123. The van der Waals surface area contributed by atoms with Crippen molar-refractivity contribution < 1.29 is 9.90 Å². The van der Waals surface area contributed by atoms with Crippen LogP contribution in [0.2, 0.25) is 0 Å². The number of nitrogens with one attached hydrogen (secondary N) is 1. The van der Waals surface area contributed by atoms with Crippen LogP contribution < -0.4 is 10.9 Å². The highest BCUT2D eigenvalue weighted by molar-refractivity contribution is 7.16. The molecule has 0 aromatic carbocycles. The molecular formula is C18H23N5O3S. The van der Waals surface area contributed by atoms with Crippen LogP contribution in [-0.2, 0) is 11.3 Å². The van der Waals surface area contributed by atoms with Gasteiger partial charge in [0.25, 0.3) is 5.56 Å². The summed E-state index contributed by atoms with van der Waals surface area (Å²) in [6, 6.07) is 1.77. The molecule has 3 heterocycles. The lowest BCUT2D eigenvalue weighted by atomic mass is 9.93. The molecule has 0 unspecified atom stereocenters. The maximum absolute atomic E-state index is 12.9. The predicted octanol–water partition coefficient (Wildman–Crippen LogP) is 1.65. The molecule has 1 amide bonds. The number of thiazole rings is 1. The van der Waals surface area contributed by atoms with E-state index in [4.69, 9.17) is 0 Å². The fourth-order valence-corrected chi connectivity index (χ4v) is 4.43. The van der Waals surface area contributed by atoms with Crippen molar-refractivity contribution in [1.82, 2.24) is 24.5 Å². The van der Waals surface area contributed by atoms with Gasteiger partial charge in [-0.2, -0.15) is 5.10 Å². The van der Waals surface area contributed by atoms with Gasteiger partial charge in [0.1, 0.15) is 17.9 Å². The molecule has 1 aliphatic rings. The topological polar surface area (TPSA) is 102 Å². The molecule has 1 fully saturated rings. The summed E-state index contributed by atoms with van der Waals surface area (Å²) >= 11 is 1.47. The molecule has 27 heavy (non-hydrogen) atoms. The van der Waals surface area contributed by atoms with Crippen LogP contribution in [0.5, 0.6) is 0 Å². The van der Waals surface area contributed by atoms with Gasteiger partial charge in [-0.3, -0.25) is 14.0 Å². The second-order valence-corrected chi connectivity index (χ2v) is 8.35. The summed E-state index contributed by atoms with van der Waals surface area (Å²) in [5, 5.41) is 17.2. The van der Waals surface area contributed by atoms with Gasteiger partial charge >= 0.3 is 0 Å². The quantitative estimate of drug-likeness (QED) is 0.706. The molecule has 9 heteroatoms. The van der Waals surface area contributed by atoms with Gasteiger partial charge in [-0.1, -0.05) is 13.8 Å². The summed E-state index contributed by atoms with van der Waals surface area (Å²) < 4.78 is 3.96. The van der Waals surface area contributed by atoms with E-state index in [1.807, 2.05) is 19.9 Å². The van der Waals surface area contributed by atoms with E-state index in [9.17, 15) is 14.7 Å². The van der Waals surface area contributed by atoms with Gasteiger partial charge in [0.15, 0.2) is 5.65 Å². The Bertz CT molecular complexity index is 1050. The van der Waals surface area contributed by atoms with Crippen molar-refractivity contribution in [3.8, 4) is 0 Å². The number of fused-ring (bicyclic) bond motifs is 3. The molecule has 0 bridgehead atoms. The number of carbonyl (C=O) groups excluding carboxylic acids is 1. The summed E-state index contributed by atoms with van der Waals surface area (Å²) in [5.74, 6) is 0.508. The van der Waals surface area contributed by atoms with E-state index >= 15 is 0 Å². The number of rotatable bonds is 4. The Kier molecular flexibility index (Phi) is 4.73. The molecule has 3 aromatic rings. The van der Waals surface area contributed by atoms with Crippen molar-refractivity contribution in [3.05, 3.63) is 27.8 Å². The van der Waals surface area contributed by atoms with Gasteiger partial charge in [-0.15, -0.1) is 11.3 Å². The molecule has 4 rings (SSSR count). The maximum atomic E-state index is 12.9. The first kappa shape index (κ1) is 18.1. The largest absolute Gasteiger partial charge is 0.393 e. The molecule has 0 spiro atoms. The average molecular weight is 389 g/mol. The molecule has 3 aromatic heterocycles. The standard InChI is InChI=1S/C18H23N5O3S/c1-10(2)16-21-22(8-15(25)20-11-4-3-5-12(24)6-11)18(26)13-7-14-17(23(13)16)19-9-27-14/h7,9-12,24H,3-6,8H2,1-2H3,(H,20,25)/t11-,12+/m1/s1. The number of hydrogen-bond donors (Lipinski definition) is 2. The smallest absolute Gasteiger partial charge is 0.291 e. The first-order chi connectivity index (χ1) is 12.9. The zero-order valence-corrected chi connectivity index (χ0v) is 16.2. The van der Waals surface area contributed by atoms with Gasteiger partial charge in [-0.25, -0.2) is 9.67 Å². The minimum Gasteiger partial charge on any atom is -0.393 e. The maximum Gasteiger partial charge on any atom is 0.291 e. The normalized spacial score (nSPS) is 20.6. The van der Waals surface area contributed by atoms with Crippen molar-refractivity contribution in [2.75, 3.05) is 0 Å². The predicted molar refractivity (Wildman–Crippen MR) is 103 cm³/mol. The van der Waals surface area contributed by atoms with Crippen LogP contribution in [0.25, 0.3) is 15.9 Å². The molecule has 1 aliphatic carbocycles. The monoisotopic (exact) mass is 389 g/mol. The van der Waals surface area contributed by atoms with Gasteiger partial charge < -0.3 is 10.4 Å². The van der Waals surface area contributed by atoms with Gasteiger partial charge in [0.2, 0.25) is 5.91 Å². The summed E-state index contributed by atoms with van der Waals surface area (Å²) in [7, 11) is 0. The van der Waals surface area contributed by atoms with Gasteiger partial charge in [0, 0.05) is 12.0 Å². The zero-order valence-electron chi connectivity index (χ0n) is 15.4. The highest BCUT2D eigenvalue weighted by Crippen LogP contribution is 2.24. The number of aliphatic hydroxyl groups is 1. The number of carbonyl (C=O) groups is 1. The third kappa shape index (κ3) is 3.37. The molecule has 0 aliphatic heterocycles. The average Bonchev–Trinajstić information content (AvgIpc) is 3.18. The Morgan fingerprint density at radius 1 is 1.44 bits per heavy atom. The second-order valence-electron chi connectivity index (χ2n) is 7.47. The number of aliphatic hydroxyl groups excluding tert-OH is 1. The fourth-order valence-electron chi connectivity index (χ4n) is 3.74. The van der Waals surface area contributed by atoms with Crippen LogP contribution in [-0.4, -0.2) is 42.3 Å². The second kappa shape index (κ2) is 7.05. The highest BCUT2D eigenvalue weighted by atomic mass is 32.1. The van der Waals surface area contributed by atoms with Crippen LogP contribution in [0, 0.1) is 0 Å². The first-order valence-corrected chi connectivity index (χ1v) is 10.1. The minimum atomic E-state index is -0.366. The Morgan fingerprint density at radius 3 is 3.00 bits per heavy atom. The van der Waals surface area contributed by atoms with Crippen LogP contribution in [0.1, 0.15) is 51.3 Å². The number of hydrogen-bond acceptors (Lipinski definition) is 6. The van der Waals surface area contributed by atoms with Crippen LogP contribution >= 0.6 is 11.3 Å². The zero-order chi connectivity index (χ0) is 19.1. The molecule has 0 radical (unpaired) electrons. The van der Waals surface area contributed by atoms with Gasteiger partial charge in [-0.05, 0) is 31.7 Å². The lowest BCUT2D eigenvalue weighted by Gasteiger charge is -2.26. The molecule has 0 saturated heterocycles. The van der Waals surface area contributed by atoms with Crippen molar-refractivity contribution in [3.63, 3.8) is 0 Å². The summed E-state index contributed by atoms with van der Waals surface area (Å²) in [5.41, 5.74) is 2.67. The third-order valence-electron chi connectivity index (χ3n) is 5.02. The van der Waals surface area contributed by atoms with E-state index in [2.05, 4.69) is 15.4 Å². The fraction of sp³-hybridized carbons (Fsp3) is 0.556. The molecule has 2 N–H and O–H groups in total. The molecule has 1 saturated carbocycles. The van der Waals surface area contributed by atoms with E-state index < -0.39 is 0 Å². The Labute approximate surface area is 159 Å². The third-order valence-corrected chi connectivity index (χ3v) is 5.79. The van der Waals surface area contributed by atoms with Crippen molar-refractivity contribution >= 4 is 33.1 Å². The van der Waals surface area contributed by atoms with E-state index in [1.54, 1.807) is 9.91 Å². The van der Waals surface area contributed by atoms with Crippen LogP contribution in [0.3, 0.4) is 0 Å². The highest BCUT2D eigenvalue weighted by Gasteiger charge is 2.23. The summed E-state index contributed by atoms with van der Waals surface area (Å²) in [6.07, 6.45) is 2.71. The lowest BCUT2D eigenvalue weighted by Crippen LogP contribution is -2.43. The van der Waals surface area contributed by atoms with E-state index in [1.165, 1.54) is 16.0 Å². The van der Waals surface area contributed by atoms with E-state index in [0.29, 0.717) is 17.8 Å². The molecule has 144 valence electrons. The molecular weight excluding hydrogens is 366 g/mol. The molecule has 2 atom stereocenters. The number of amides is 1. The van der Waals surface area contributed by atoms with Crippen molar-refractivity contribution in [2.24, 2.45) is 0 Å². The van der Waals surface area contributed by atoms with E-state index in [-0.39, 0.29) is 36.1 Å². The van der Waals surface area contributed by atoms with Gasteiger partial charge in [0.05, 0.1) is 16.3 Å².